The summed E-state index contributed by atoms with van der Waals surface area (Å²) in [6, 6.07) is 3.83. The van der Waals surface area contributed by atoms with E-state index in [9.17, 15) is 23.2 Å². The fraction of sp³-hybridized carbons (Fsp3) is 0.118. The second-order valence-electron chi connectivity index (χ2n) is 5.68. The summed E-state index contributed by atoms with van der Waals surface area (Å²) in [5, 5.41) is 23.8. The zero-order chi connectivity index (χ0) is 24.1. The number of carboxylic acids is 1. The van der Waals surface area contributed by atoms with Crippen molar-refractivity contribution < 1.29 is 36.5 Å². The molecule has 0 saturated heterocycles. The quantitative estimate of drug-likeness (QED) is 0.114. The molecule has 0 atom stereocenters. The molecule has 2 aromatic carbocycles. The van der Waals surface area contributed by atoms with Gasteiger partial charge >= 0.3 is 94.1 Å². The smallest absolute Gasteiger partial charge is 0.337 e. The van der Waals surface area contributed by atoms with Crippen LogP contribution in [0.2, 0.25) is 0 Å². The van der Waals surface area contributed by atoms with Gasteiger partial charge in [0.1, 0.15) is 0 Å². The van der Waals surface area contributed by atoms with E-state index in [-0.39, 0.29) is 11.3 Å². The normalized spacial score (nSPS) is 10.5. The van der Waals surface area contributed by atoms with E-state index < -0.39 is 36.1 Å². The van der Waals surface area contributed by atoms with Gasteiger partial charge in [0, 0.05) is 19.8 Å². The summed E-state index contributed by atoms with van der Waals surface area (Å²) in [5.41, 5.74) is 1.27. The Morgan fingerprint density at radius 3 is 2.10 bits per heavy atom. The van der Waals surface area contributed by atoms with Crippen molar-refractivity contribution in [3.8, 4) is 5.75 Å². The van der Waals surface area contributed by atoms with Gasteiger partial charge in [-0.15, -0.1) is 0 Å². The predicted molar refractivity (Wildman–Crippen MR) is 139 cm³/mol. The standard InChI is InChI=1S/C9H6I3NO3.C8H10AsNO5/c1-13-8-6(11)3(2-14)5(10)4(7(8)12)9(15)16;1-5(11)10-7-4-2-3-6(8(7)12)9(13,14)15/h2,13H,1H3,(H,15,16);2-4,12H,1H3,(H,10,11)(H2,13,14,15). The van der Waals surface area contributed by atoms with Crippen LogP contribution in [0.1, 0.15) is 27.6 Å². The number of hydrogen-bond acceptors (Lipinski definition) is 6. The molecule has 0 aromatic heterocycles. The third kappa shape index (κ3) is 7.05. The van der Waals surface area contributed by atoms with Crippen LogP contribution >= 0.6 is 67.8 Å². The molecule has 0 aliphatic carbocycles. The molecule has 168 valence electrons. The Morgan fingerprint density at radius 1 is 1.10 bits per heavy atom. The number of amides is 1. The summed E-state index contributed by atoms with van der Waals surface area (Å²) >= 11 is 0.749. The third-order valence-corrected chi connectivity index (χ3v) is 8.97. The molecule has 0 saturated carbocycles. The Hall–Kier alpha value is -0.882. The summed E-state index contributed by atoms with van der Waals surface area (Å²) < 4.78 is 30.2. The number of para-hydroxylation sites is 1. The molecule has 10 nitrogen and oxygen atoms in total. The number of carbonyl (C=O) groups is 3. The Bertz CT molecular complexity index is 1090. The third-order valence-electron chi connectivity index (χ3n) is 3.57. The maximum absolute atomic E-state index is 11.1. The van der Waals surface area contributed by atoms with Crippen LogP contribution in [0.5, 0.6) is 5.75 Å². The summed E-state index contributed by atoms with van der Waals surface area (Å²) in [5.74, 6) is -2.04. The number of aldehydes is 1. The van der Waals surface area contributed by atoms with Crippen LogP contribution in [-0.2, 0) is 8.53 Å². The SMILES string of the molecule is CC(=O)Nc1cccc([As](=O)(O)O)c1O.CNc1c(I)c(C=O)c(I)c(C(=O)O)c1I. The Balaban J connectivity index is 0.000000311. The minimum Gasteiger partial charge on any atom is -0.478 e. The number of phenolic OH excluding ortho intramolecular Hbond substituents is 1. The van der Waals surface area contributed by atoms with E-state index in [1.165, 1.54) is 19.1 Å². The van der Waals surface area contributed by atoms with E-state index in [1.807, 2.05) is 67.8 Å². The topological polar surface area (TPSA) is 173 Å². The molecule has 0 aliphatic heterocycles. The minimum atomic E-state index is -5.15. The Kier molecular flexibility index (Phi) is 10.7. The van der Waals surface area contributed by atoms with Crippen LogP contribution in [0.15, 0.2) is 18.2 Å². The van der Waals surface area contributed by atoms with Crippen molar-refractivity contribution in [3.05, 3.63) is 40.0 Å². The van der Waals surface area contributed by atoms with Crippen LogP contribution in [0.3, 0.4) is 0 Å². The number of carboxylic acid groups (broad SMARTS) is 1. The molecular weight excluding hydrogens is 816 g/mol. The molecule has 0 heterocycles. The van der Waals surface area contributed by atoms with Crippen molar-refractivity contribution in [1.29, 1.82) is 0 Å². The van der Waals surface area contributed by atoms with E-state index in [2.05, 4.69) is 10.6 Å². The van der Waals surface area contributed by atoms with E-state index in [0.717, 1.165) is 9.64 Å². The second kappa shape index (κ2) is 11.8. The monoisotopic (exact) mass is 832 g/mol. The predicted octanol–water partition coefficient (Wildman–Crippen LogP) is 1.96. The van der Waals surface area contributed by atoms with Gasteiger partial charge in [0.25, 0.3) is 0 Å². The minimum absolute atomic E-state index is 0.00951. The van der Waals surface area contributed by atoms with Crippen molar-refractivity contribution in [2.45, 2.75) is 6.92 Å². The van der Waals surface area contributed by atoms with Crippen LogP contribution in [0, 0.1) is 10.7 Å². The number of carbonyl (C=O) groups excluding carboxylic acids is 2. The number of benzene rings is 2. The number of rotatable bonds is 5. The fourth-order valence-corrected chi connectivity index (χ4v) is 8.09. The fourth-order valence-electron chi connectivity index (χ4n) is 2.25. The van der Waals surface area contributed by atoms with Gasteiger partial charge in [-0.05, 0) is 67.8 Å². The zero-order valence-electron chi connectivity index (χ0n) is 15.8. The van der Waals surface area contributed by atoms with Crippen molar-refractivity contribution in [3.63, 3.8) is 0 Å². The summed E-state index contributed by atoms with van der Waals surface area (Å²) in [7, 11) is 1.70. The number of phenols is 1. The summed E-state index contributed by atoms with van der Waals surface area (Å²) in [6.07, 6.45) is 0.687. The maximum Gasteiger partial charge on any atom is 0.337 e. The molecular formula is C17H16AsI3N2O8. The number of aromatic carboxylic acids is 1. The average molecular weight is 832 g/mol. The van der Waals surface area contributed by atoms with E-state index >= 15 is 0 Å². The van der Waals surface area contributed by atoms with E-state index in [0.29, 0.717) is 24.7 Å². The molecule has 0 spiro atoms. The number of anilines is 2. The van der Waals surface area contributed by atoms with Crippen molar-refractivity contribution in [1.82, 2.24) is 0 Å². The molecule has 31 heavy (non-hydrogen) atoms. The van der Waals surface area contributed by atoms with Crippen LogP contribution < -0.4 is 15.0 Å². The summed E-state index contributed by atoms with van der Waals surface area (Å²) in [4.78, 5) is 32.8. The van der Waals surface area contributed by atoms with Gasteiger partial charge < -0.3 is 10.4 Å². The van der Waals surface area contributed by atoms with Gasteiger partial charge in [0.15, 0.2) is 6.29 Å². The number of aromatic hydroxyl groups is 1. The maximum atomic E-state index is 11.1. The molecule has 0 radical (unpaired) electrons. The van der Waals surface area contributed by atoms with Crippen molar-refractivity contribution in [2.24, 2.45) is 0 Å². The molecule has 0 aliphatic rings. The first-order valence-corrected chi connectivity index (χ1v) is 14.6. The number of nitrogens with one attached hydrogen (secondary N) is 2. The molecule has 2 aromatic rings. The van der Waals surface area contributed by atoms with E-state index in [4.69, 9.17) is 13.3 Å². The largest absolute Gasteiger partial charge is 0.478 e. The molecule has 0 unspecified atom stereocenters. The Labute approximate surface area is 220 Å². The first kappa shape index (κ1) is 28.2. The van der Waals surface area contributed by atoms with Crippen LogP contribution in [0.4, 0.5) is 11.4 Å². The molecule has 0 fully saturated rings. The molecule has 14 heteroatoms. The molecule has 1 amide bonds. The van der Waals surface area contributed by atoms with Crippen molar-refractivity contribution in [2.75, 3.05) is 17.7 Å². The van der Waals surface area contributed by atoms with E-state index in [1.54, 1.807) is 7.05 Å². The van der Waals surface area contributed by atoms with Gasteiger partial charge in [-0.25, -0.2) is 4.79 Å². The first-order valence-electron chi connectivity index (χ1n) is 8.00. The van der Waals surface area contributed by atoms with Gasteiger partial charge in [0.2, 0.25) is 0 Å². The van der Waals surface area contributed by atoms with Gasteiger partial charge in [0.05, 0.1) is 14.8 Å². The van der Waals surface area contributed by atoms with Crippen LogP contribution in [-0.4, -0.2) is 57.8 Å². The Morgan fingerprint density at radius 2 is 1.68 bits per heavy atom. The van der Waals surface area contributed by atoms with Gasteiger partial charge in [-0.2, -0.15) is 0 Å². The van der Waals surface area contributed by atoms with Crippen LogP contribution in [0.25, 0.3) is 0 Å². The zero-order valence-corrected chi connectivity index (χ0v) is 24.2. The second-order valence-corrected chi connectivity index (χ2v) is 12.2. The van der Waals surface area contributed by atoms with Gasteiger partial charge in [-0.1, -0.05) is 0 Å². The number of halogens is 3. The van der Waals surface area contributed by atoms with Crippen molar-refractivity contribution >= 4 is 116 Å². The number of hydrogen-bond donors (Lipinski definition) is 6. The first-order chi connectivity index (χ1) is 14.3. The molecule has 2 rings (SSSR count). The van der Waals surface area contributed by atoms with Gasteiger partial charge in [-0.3, -0.25) is 4.79 Å². The summed E-state index contributed by atoms with van der Waals surface area (Å²) in [6.45, 7) is 1.23. The average Bonchev–Trinajstić information content (AvgIpc) is 2.63. The molecule has 6 N–H and O–H groups in total. The molecule has 0 bridgehead atoms.